The van der Waals surface area contributed by atoms with Gasteiger partial charge in [-0.2, -0.15) is 0 Å². The smallest absolute Gasteiger partial charge is 0.240 e. The van der Waals surface area contributed by atoms with Crippen LogP contribution < -0.4 is 0 Å². The Morgan fingerprint density at radius 2 is 1.74 bits per heavy atom. The number of aryl methyl sites for hydroxylation is 1. The van der Waals surface area contributed by atoms with Crippen LogP contribution in [0.4, 0.5) is 0 Å². The second kappa shape index (κ2) is 5.63. The fourth-order valence-corrected chi connectivity index (χ4v) is 2.28. The molecule has 0 fully saturated rings. The Morgan fingerprint density at radius 3 is 2.37 bits per heavy atom. The van der Waals surface area contributed by atoms with Crippen molar-refractivity contribution in [3.8, 4) is 11.2 Å². The van der Waals surface area contributed by atoms with Crippen LogP contribution in [0.3, 0.4) is 0 Å². The van der Waals surface area contributed by atoms with E-state index in [4.69, 9.17) is 0 Å². The van der Waals surface area contributed by atoms with Gasteiger partial charge in [0, 0.05) is 17.6 Å². The van der Waals surface area contributed by atoms with Crippen molar-refractivity contribution < 1.29 is 8.42 Å². The summed E-state index contributed by atoms with van der Waals surface area (Å²) in [6, 6.07) is 8.29. The molecule has 0 radical (unpaired) electrons. The molecular formula is C14H12N2O2S. The van der Waals surface area contributed by atoms with E-state index in [0.29, 0.717) is 5.82 Å². The van der Waals surface area contributed by atoms with Crippen LogP contribution in [0.5, 0.6) is 0 Å². The minimum absolute atomic E-state index is 0.208. The van der Waals surface area contributed by atoms with E-state index >= 15 is 0 Å². The molecule has 4 nitrogen and oxygen atoms in total. The molecule has 19 heavy (non-hydrogen) atoms. The average Bonchev–Trinajstić information content (AvgIpc) is 2.40. The van der Waals surface area contributed by atoms with Gasteiger partial charge in [0.15, 0.2) is 0 Å². The van der Waals surface area contributed by atoms with Gasteiger partial charge in [0.2, 0.25) is 9.84 Å². The molecule has 0 amide bonds. The van der Waals surface area contributed by atoms with Gasteiger partial charge < -0.3 is 0 Å². The minimum Gasteiger partial charge on any atom is -0.240 e. The molecule has 0 unspecified atom stereocenters. The predicted octanol–water partition coefficient (Wildman–Crippen LogP) is 1.76. The van der Waals surface area contributed by atoms with Crippen molar-refractivity contribution in [1.29, 1.82) is 0 Å². The molecule has 1 aromatic heterocycles. The van der Waals surface area contributed by atoms with E-state index in [2.05, 4.69) is 21.1 Å². The van der Waals surface area contributed by atoms with Gasteiger partial charge in [-0.3, -0.25) is 0 Å². The third-order valence-corrected chi connectivity index (χ3v) is 3.71. The Hall–Kier alpha value is -2.19. The number of rotatable bonds is 2. The average molecular weight is 272 g/mol. The monoisotopic (exact) mass is 272 g/mol. The highest BCUT2D eigenvalue weighted by molar-refractivity contribution is 7.96. The normalized spacial score (nSPS) is 10.6. The largest absolute Gasteiger partial charge is 0.245 e. The van der Waals surface area contributed by atoms with Crippen molar-refractivity contribution in [2.75, 3.05) is 0 Å². The highest BCUT2D eigenvalue weighted by Crippen LogP contribution is 2.10. The van der Waals surface area contributed by atoms with Gasteiger partial charge in [0.05, 0.1) is 11.3 Å². The predicted molar refractivity (Wildman–Crippen MR) is 71.9 cm³/mol. The third-order valence-electron chi connectivity index (χ3n) is 2.40. The summed E-state index contributed by atoms with van der Waals surface area (Å²) >= 11 is 0. The molecule has 96 valence electrons. The first-order valence-corrected chi connectivity index (χ1v) is 7.13. The van der Waals surface area contributed by atoms with E-state index in [1.54, 1.807) is 42.7 Å². The van der Waals surface area contributed by atoms with Crippen LogP contribution in [0.25, 0.3) is 0 Å². The molecular weight excluding hydrogens is 260 g/mol. The summed E-state index contributed by atoms with van der Waals surface area (Å²) < 4.78 is 23.8. The maximum Gasteiger partial charge on any atom is 0.245 e. The van der Waals surface area contributed by atoms with Gasteiger partial charge >= 0.3 is 0 Å². The molecule has 0 spiro atoms. The Labute approximate surface area is 112 Å². The molecule has 0 N–H and O–H groups in total. The number of aromatic nitrogens is 2. The molecule has 1 heterocycles. The van der Waals surface area contributed by atoms with Crippen molar-refractivity contribution in [1.82, 2.24) is 9.97 Å². The van der Waals surface area contributed by atoms with E-state index in [1.807, 2.05) is 6.92 Å². The molecule has 0 saturated carbocycles. The van der Waals surface area contributed by atoms with E-state index in [9.17, 15) is 8.42 Å². The number of hydrogen-bond donors (Lipinski definition) is 0. The van der Waals surface area contributed by atoms with E-state index < -0.39 is 9.84 Å². The Bertz CT molecular complexity index is 712. The fourth-order valence-electron chi connectivity index (χ4n) is 1.41. The van der Waals surface area contributed by atoms with Gasteiger partial charge in [-0.15, -0.1) is 0 Å². The second-order valence-electron chi connectivity index (χ2n) is 3.94. The van der Waals surface area contributed by atoms with Crippen molar-refractivity contribution in [3.05, 3.63) is 54.1 Å². The van der Waals surface area contributed by atoms with E-state index in [0.717, 1.165) is 5.56 Å². The van der Waals surface area contributed by atoms with Crippen molar-refractivity contribution in [3.63, 3.8) is 0 Å². The van der Waals surface area contributed by atoms with Crippen LogP contribution in [0.1, 0.15) is 11.4 Å². The molecule has 0 bridgehead atoms. The first-order valence-electron chi connectivity index (χ1n) is 5.65. The van der Waals surface area contributed by atoms with Crippen molar-refractivity contribution >= 4 is 9.84 Å². The molecule has 0 aliphatic heterocycles. The van der Waals surface area contributed by atoms with Crippen LogP contribution in [0, 0.1) is 18.1 Å². The van der Waals surface area contributed by atoms with Crippen LogP contribution in [0.2, 0.25) is 0 Å². The maximum absolute atomic E-state index is 11.9. The maximum atomic E-state index is 11.9. The zero-order valence-electron chi connectivity index (χ0n) is 10.4. The summed E-state index contributed by atoms with van der Waals surface area (Å²) in [6.45, 7) is 1.90. The van der Waals surface area contributed by atoms with E-state index in [1.165, 1.54) is 0 Å². The Balaban J connectivity index is 2.16. The quantitative estimate of drug-likeness (QED) is 0.617. The summed E-state index contributed by atoms with van der Waals surface area (Å²) in [6.07, 6.45) is 3.41. The molecule has 0 aliphatic carbocycles. The lowest BCUT2D eigenvalue weighted by atomic mass is 10.2. The zero-order chi connectivity index (χ0) is 13.7. The molecule has 1 aromatic carbocycles. The third kappa shape index (κ3) is 3.63. The highest BCUT2D eigenvalue weighted by Gasteiger charge is 2.09. The lowest BCUT2D eigenvalue weighted by Crippen LogP contribution is -1.97. The lowest BCUT2D eigenvalue weighted by Gasteiger charge is -1.97. The summed E-state index contributed by atoms with van der Waals surface area (Å²) in [5.41, 5.74) is 1.00. The summed E-state index contributed by atoms with van der Waals surface area (Å²) in [4.78, 5) is 8.16. The highest BCUT2D eigenvalue weighted by atomic mass is 32.2. The lowest BCUT2D eigenvalue weighted by molar-refractivity contribution is 0.606. The standard InChI is InChI=1S/C14H12N2O2S/c1-12-5-7-13(8-6-12)19(17,18)11-2-4-14-15-9-3-10-16-14/h3,5-10H,4H2,1H3. The number of sulfone groups is 1. The SMILES string of the molecule is Cc1ccc(S(=O)(=O)C#CCc2ncccn2)cc1. The fraction of sp³-hybridized carbons (Fsp3) is 0.143. The van der Waals surface area contributed by atoms with Crippen LogP contribution in [-0.2, 0) is 16.3 Å². The molecule has 2 aromatic rings. The van der Waals surface area contributed by atoms with Crippen molar-refractivity contribution in [2.45, 2.75) is 18.2 Å². The van der Waals surface area contributed by atoms with Gasteiger partial charge in [-0.05, 0) is 25.1 Å². The molecule has 0 saturated heterocycles. The molecule has 0 aliphatic rings. The first kappa shape index (κ1) is 13.2. The molecule has 2 rings (SSSR count). The van der Waals surface area contributed by atoms with Crippen LogP contribution in [0.15, 0.2) is 47.6 Å². The van der Waals surface area contributed by atoms with Crippen molar-refractivity contribution in [2.24, 2.45) is 0 Å². The van der Waals surface area contributed by atoms with Gasteiger partial charge in [0.1, 0.15) is 5.82 Å². The topological polar surface area (TPSA) is 59.9 Å². The Morgan fingerprint density at radius 1 is 1.11 bits per heavy atom. The molecule has 0 atom stereocenters. The van der Waals surface area contributed by atoms with Crippen LogP contribution in [-0.4, -0.2) is 18.4 Å². The summed E-state index contributed by atoms with van der Waals surface area (Å²) in [5, 5.41) is 2.29. The summed E-state index contributed by atoms with van der Waals surface area (Å²) in [7, 11) is -3.56. The Kier molecular flexibility index (Phi) is 3.93. The molecule has 5 heteroatoms. The van der Waals surface area contributed by atoms with E-state index in [-0.39, 0.29) is 11.3 Å². The van der Waals surface area contributed by atoms with Gasteiger partial charge in [0.25, 0.3) is 0 Å². The van der Waals surface area contributed by atoms with Gasteiger partial charge in [-0.25, -0.2) is 18.4 Å². The number of hydrogen-bond acceptors (Lipinski definition) is 4. The summed E-state index contributed by atoms with van der Waals surface area (Å²) in [5.74, 6) is 3.10. The zero-order valence-corrected chi connectivity index (χ0v) is 11.2. The first-order chi connectivity index (χ1) is 9.08. The minimum atomic E-state index is -3.56. The number of benzene rings is 1. The van der Waals surface area contributed by atoms with Crippen LogP contribution >= 0.6 is 0 Å². The number of nitrogens with zero attached hydrogens (tertiary/aromatic N) is 2. The second-order valence-corrected chi connectivity index (χ2v) is 5.62. The van der Waals surface area contributed by atoms with Gasteiger partial charge in [-0.1, -0.05) is 23.6 Å².